The fourth-order valence-corrected chi connectivity index (χ4v) is 2.53. The van der Waals surface area contributed by atoms with Crippen LogP contribution in [0.3, 0.4) is 0 Å². The molecule has 0 aliphatic rings. The molecule has 0 aromatic heterocycles. The molecule has 0 saturated carbocycles. The number of carbonyl (C=O) groups is 2. The Balaban J connectivity index is 1.87. The maximum Gasteiger partial charge on any atom is 0.254 e. The number of anilines is 1. The minimum atomic E-state index is -0.661. The first-order valence-corrected chi connectivity index (χ1v) is 8.33. The molecule has 0 spiro atoms. The largest absolute Gasteiger partial charge is 0.351 e. The predicted octanol–water partition coefficient (Wildman–Crippen LogP) is 4.31. The Hall–Kier alpha value is -1.92. The first-order chi connectivity index (χ1) is 11.4. The summed E-state index contributed by atoms with van der Waals surface area (Å²) < 4.78 is 14.4. The van der Waals surface area contributed by atoms with Crippen molar-refractivity contribution in [1.29, 1.82) is 0 Å². The average Bonchev–Trinajstić information content (AvgIpc) is 2.53. The molecule has 2 N–H and O–H groups in total. The van der Waals surface area contributed by atoms with Crippen molar-refractivity contribution in [1.82, 2.24) is 5.32 Å². The molecule has 0 saturated heterocycles. The van der Waals surface area contributed by atoms with Crippen molar-refractivity contribution in [2.75, 3.05) is 11.9 Å². The molecule has 0 fully saturated rings. The van der Waals surface area contributed by atoms with Crippen LogP contribution in [0.2, 0.25) is 5.02 Å². The number of amides is 2. The van der Waals surface area contributed by atoms with Gasteiger partial charge in [-0.05, 0) is 42.8 Å². The lowest BCUT2D eigenvalue weighted by Crippen LogP contribution is -2.28. The number of benzene rings is 2. The molecular formula is C17H15BrClFN2O2. The second-order valence-electron chi connectivity index (χ2n) is 5.14. The summed E-state index contributed by atoms with van der Waals surface area (Å²) in [5.74, 6) is -1.52. The molecule has 2 rings (SSSR count). The van der Waals surface area contributed by atoms with E-state index in [1.807, 2.05) is 19.1 Å². The van der Waals surface area contributed by atoms with Crippen LogP contribution < -0.4 is 10.6 Å². The highest BCUT2D eigenvalue weighted by atomic mass is 79.9. The van der Waals surface area contributed by atoms with Gasteiger partial charge in [0.2, 0.25) is 5.91 Å². The number of halogens is 3. The number of hydrogen-bond donors (Lipinski definition) is 2. The van der Waals surface area contributed by atoms with Gasteiger partial charge in [0, 0.05) is 28.1 Å². The van der Waals surface area contributed by atoms with Crippen molar-refractivity contribution >= 4 is 45.0 Å². The van der Waals surface area contributed by atoms with Gasteiger partial charge in [0.05, 0.1) is 5.56 Å². The zero-order valence-electron chi connectivity index (χ0n) is 12.8. The van der Waals surface area contributed by atoms with Crippen LogP contribution in [0, 0.1) is 12.7 Å². The fraction of sp³-hybridized carbons (Fsp3) is 0.176. The lowest BCUT2D eigenvalue weighted by molar-refractivity contribution is -0.116. The standard InChI is InChI=1S/C17H15BrClFN2O2/c1-10-2-3-11(18)8-15(10)22-16(23)6-7-21-17(24)13-9-12(19)4-5-14(13)20/h2-5,8-9H,6-7H2,1H3,(H,21,24)(H,22,23). The minimum absolute atomic E-state index is 0.0693. The average molecular weight is 414 g/mol. The van der Waals surface area contributed by atoms with Crippen LogP contribution in [0.4, 0.5) is 10.1 Å². The van der Waals surface area contributed by atoms with Crippen LogP contribution in [-0.2, 0) is 4.79 Å². The third kappa shape index (κ3) is 5.04. The van der Waals surface area contributed by atoms with E-state index in [9.17, 15) is 14.0 Å². The molecule has 0 bridgehead atoms. The van der Waals surface area contributed by atoms with Crippen molar-refractivity contribution in [2.45, 2.75) is 13.3 Å². The fourth-order valence-electron chi connectivity index (χ4n) is 2.00. The van der Waals surface area contributed by atoms with Crippen LogP contribution in [0.15, 0.2) is 40.9 Å². The summed E-state index contributed by atoms with van der Waals surface area (Å²) >= 11 is 9.09. The van der Waals surface area contributed by atoms with Gasteiger partial charge in [-0.2, -0.15) is 0 Å². The van der Waals surface area contributed by atoms with Gasteiger partial charge in [-0.25, -0.2) is 4.39 Å². The van der Waals surface area contributed by atoms with E-state index in [0.29, 0.717) is 5.69 Å². The van der Waals surface area contributed by atoms with E-state index in [0.717, 1.165) is 16.1 Å². The Labute approximate surface area is 152 Å². The van der Waals surface area contributed by atoms with Crippen molar-refractivity contribution < 1.29 is 14.0 Å². The predicted molar refractivity (Wildman–Crippen MR) is 95.9 cm³/mol. The summed E-state index contributed by atoms with van der Waals surface area (Å²) in [6.45, 7) is 1.97. The lowest BCUT2D eigenvalue weighted by atomic mass is 10.2. The Bertz CT molecular complexity index is 783. The topological polar surface area (TPSA) is 58.2 Å². The highest BCUT2D eigenvalue weighted by molar-refractivity contribution is 9.10. The SMILES string of the molecule is Cc1ccc(Br)cc1NC(=O)CCNC(=O)c1cc(Cl)ccc1F. The minimum Gasteiger partial charge on any atom is -0.351 e. The Morgan fingerprint density at radius 3 is 2.71 bits per heavy atom. The summed E-state index contributed by atoms with van der Waals surface area (Å²) in [6, 6.07) is 9.29. The summed E-state index contributed by atoms with van der Waals surface area (Å²) in [4.78, 5) is 23.9. The van der Waals surface area contributed by atoms with E-state index in [1.165, 1.54) is 12.1 Å². The molecule has 2 aromatic carbocycles. The Morgan fingerprint density at radius 1 is 1.21 bits per heavy atom. The van der Waals surface area contributed by atoms with Crippen LogP contribution >= 0.6 is 27.5 Å². The Morgan fingerprint density at radius 2 is 1.96 bits per heavy atom. The second-order valence-corrected chi connectivity index (χ2v) is 6.49. The summed E-state index contributed by atoms with van der Waals surface area (Å²) in [6.07, 6.45) is 0.0693. The quantitative estimate of drug-likeness (QED) is 0.767. The van der Waals surface area contributed by atoms with E-state index < -0.39 is 11.7 Å². The van der Waals surface area contributed by atoms with Gasteiger partial charge in [0.25, 0.3) is 5.91 Å². The maximum atomic E-state index is 13.6. The zero-order valence-corrected chi connectivity index (χ0v) is 15.2. The van der Waals surface area contributed by atoms with Crippen molar-refractivity contribution in [3.05, 3.63) is 62.8 Å². The van der Waals surface area contributed by atoms with Crippen molar-refractivity contribution in [3.8, 4) is 0 Å². The summed E-state index contributed by atoms with van der Waals surface area (Å²) in [5, 5.41) is 5.54. The molecular weight excluding hydrogens is 399 g/mol. The summed E-state index contributed by atoms with van der Waals surface area (Å²) in [5.41, 5.74) is 1.48. The molecule has 0 aliphatic carbocycles. The van der Waals surface area contributed by atoms with E-state index in [2.05, 4.69) is 26.6 Å². The molecule has 24 heavy (non-hydrogen) atoms. The molecule has 4 nitrogen and oxygen atoms in total. The van der Waals surface area contributed by atoms with E-state index >= 15 is 0 Å². The van der Waals surface area contributed by atoms with Gasteiger partial charge in [-0.1, -0.05) is 33.6 Å². The van der Waals surface area contributed by atoms with Gasteiger partial charge < -0.3 is 10.6 Å². The first kappa shape index (κ1) is 18.4. The normalized spacial score (nSPS) is 10.3. The number of carbonyl (C=O) groups excluding carboxylic acids is 2. The molecule has 0 radical (unpaired) electrons. The van der Waals surface area contributed by atoms with Gasteiger partial charge >= 0.3 is 0 Å². The van der Waals surface area contributed by atoms with E-state index in [4.69, 9.17) is 11.6 Å². The molecule has 0 unspecified atom stereocenters. The number of hydrogen-bond acceptors (Lipinski definition) is 2. The molecule has 0 aliphatic heterocycles. The van der Waals surface area contributed by atoms with Crippen LogP contribution in [0.1, 0.15) is 22.3 Å². The van der Waals surface area contributed by atoms with Gasteiger partial charge in [0.15, 0.2) is 0 Å². The van der Waals surface area contributed by atoms with Crippen LogP contribution in [-0.4, -0.2) is 18.4 Å². The van der Waals surface area contributed by atoms with Crippen LogP contribution in [0.5, 0.6) is 0 Å². The molecule has 2 amide bonds. The first-order valence-electron chi connectivity index (χ1n) is 7.16. The van der Waals surface area contributed by atoms with Crippen molar-refractivity contribution in [3.63, 3.8) is 0 Å². The van der Waals surface area contributed by atoms with Crippen molar-refractivity contribution in [2.24, 2.45) is 0 Å². The third-order valence-electron chi connectivity index (χ3n) is 3.28. The molecule has 126 valence electrons. The highest BCUT2D eigenvalue weighted by Crippen LogP contribution is 2.20. The van der Waals surface area contributed by atoms with E-state index in [1.54, 1.807) is 6.07 Å². The monoisotopic (exact) mass is 412 g/mol. The van der Waals surface area contributed by atoms with E-state index in [-0.39, 0.29) is 29.5 Å². The third-order valence-corrected chi connectivity index (χ3v) is 4.01. The van der Waals surface area contributed by atoms with Gasteiger partial charge in [0.1, 0.15) is 5.82 Å². The van der Waals surface area contributed by atoms with Gasteiger partial charge in [-0.15, -0.1) is 0 Å². The molecule has 0 atom stereocenters. The second kappa shape index (κ2) is 8.26. The molecule has 0 heterocycles. The number of nitrogens with one attached hydrogen (secondary N) is 2. The summed E-state index contributed by atoms with van der Waals surface area (Å²) in [7, 11) is 0. The lowest BCUT2D eigenvalue weighted by Gasteiger charge is -2.10. The highest BCUT2D eigenvalue weighted by Gasteiger charge is 2.12. The number of aryl methyl sites for hydroxylation is 1. The zero-order chi connectivity index (χ0) is 17.7. The number of rotatable bonds is 5. The molecule has 7 heteroatoms. The Kier molecular flexibility index (Phi) is 6.34. The van der Waals surface area contributed by atoms with Crippen LogP contribution in [0.25, 0.3) is 0 Å². The maximum absolute atomic E-state index is 13.6. The van der Waals surface area contributed by atoms with Gasteiger partial charge in [-0.3, -0.25) is 9.59 Å². The smallest absolute Gasteiger partial charge is 0.254 e. The molecule has 2 aromatic rings.